The van der Waals surface area contributed by atoms with Gasteiger partial charge in [0.2, 0.25) is 0 Å². The molecule has 0 aliphatic rings. The van der Waals surface area contributed by atoms with E-state index in [0.29, 0.717) is 12.4 Å². The minimum atomic E-state index is -4.27. The molecule has 0 unspecified atom stereocenters. The molecule has 0 saturated carbocycles. The Labute approximate surface area is 112 Å². The largest absolute Gasteiger partial charge is 0.492 e. The molecule has 0 saturated heterocycles. The first-order chi connectivity index (χ1) is 9.27. The van der Waals surface area contributed by atoms with Crippen LogP contribution in [0.5, 0.6) is 5.75 Å². The summed E-state index contributed by atoms with van der Waals surface area (Å²) in [7, 11) is 0. The number of hydrogen-bond donors (Lipinski definition) is 2. The Kier molecular flexibility index (Phi) is 5.18. The first kappa shape index (κ1) is 16.1. The standard InChI is InChI=1S/C12H14F4N2O2/c1-2-20-9-4-3-7(5-8(9)17)10(19)18-6-12(15,16)11(13)14/h3-5,11H,2,6,17H2,1H3,(H,18,19). The topological polar surface area (TPSA) is 64.3 Å². The Bertz CT molecular complexity index is 481. The molecule has 1 aromatic carbocycles. The molecule has 4 nitrogen and oxygen atoms in total. The SMILES string of the molecule is CCOc1ccc(C(=O)NCC(F)(F)C(F)F)cc1N. The van der Waals surface area contributed by atoms with Gasteiger partial charge >= 0.3 is 12.3 Å². The lowest BCUT2D eigenvalue weighted by molar-refractivity contribution is -0.123. The van der Waals surface area contributed by atoms with Crippen molar-refractivity contribution in [3.8, 4) is 5.75 Å². The number of rotatable bonds is 6. The van der Waals surface area contributed by atoms with E-state index in [1.807, 2.05) is 0 Å². The van der Waals surface area contributed by atoms with Crippen LogP contribution in [0.2, 0.25) is 0 Å². The quantitative estimate of drug-likeness (QED) is 0.625. The van der Waals surface area contributed by atoms with Gasteiger partial charge in [0, 0.05) is 5.56 Å². The van der Waals surface area contributed by atoms with Crippen LogP contribution in [-0.4, -0.2) is 31.4 Å². The highest BCUT2D eigenvalue weighted by Crippen LogP contribution is 2.24. The minimum absolute atomic E-state index is 0.0176. The lowest BCUT2D eigenvalue weighted by Crippen LogP contribution is -2.41. The molecule has 112 valence electrons. The summed E-state index contributed by atoms with van der Waals surface area (Å²) in [5, 5.41) is 1.73. The molecule has 0 radical (unpaired) electrons. The van der Waals surface area contributed by atoms with Crippen LogP contribution in [0.1, 0.15) is 17.3 Å². The van der Waals surface area contributed by atoms with Gasteiger partial charge in [-0.05, 0) is 25.1 Å². The van der Waals surface area contributed by atoms with Gasteiger partial charge in [-0.1, -0.05) is 0 Å². The van der Waals surface area contributed by atoms with Crippen LogP contribution >= 0.6 is 0 Å². The van der Waals surface area contributed by atoms with Crippen molar-refractivity contribution in [3.63, 3.8) is 0 Å². The Morgan fingerprint density at radius 2 is 2.10 bits per heavy atom. The smallest absolute Gasteiger partial charge is 0.324 e. The van der Waals surface area contributed by atoms with E-state index in [0.717, 1.165) is 0 Å². The summed E-state index contributed by atoms with van der Waals surface area (Å²) in [6, 6.07) is 3.93. The van der Waals surface area contributed by atoms with Crippen LogP contribution in [0.3, 0.4) is 0 Å². The average Bonchev–Trinajstić information content (AvgIpc) is 2.38. The number of nitrogens with one attached hydrogen (secondary N) is 1. The van der Waals surface area contributed by atoms with Gasteiger partial charge in [-0.15, -0.1) is 0 Å². The van der Waals surface area contributed by atoms with Crippen molar-refractivity contribution in [2.45, 2.75) is 19.3 Å². The van der Waals surface area contributed by atoms with Crippen LogP contribution in [0, 0.1) is 0 Å². The Morgan fingerprint density at radius 3 is 2.60 bits per heavy atom. The number of ether oxygens (including phenoxy) is 1. The molecule has 0 bridgehead atoms. The number of hydrogen-bond acceptors (Lipinski definition) is 3. The van der Waals surface area contributed by atoms with E-state index in [4.69, 9.17) is 10.5 Å². The number of nitrogen functional groups attached to an aromatic ring is 1. The van der Waals surface area contributed by atoms with Crippen molar-refractivity contribution in [3.05, 3.63) is 23.8 Å². The van der Waals surface area contributed by atoms with E-state index in [2.05, 4.69) is 0 Å². The third-order valence-corrected chi connectivity index (χ3v) is 2.38. The first-order valence-corrected chi connectivity index (χ1v) is 5.74. The third-order valence-electron chi connectivity index (χ3n) is 2.38. The zero-order valence-corrected chi connectivity index (χ0v) is 10.6. The normalized spacial score (nSPS) is 11.5. The molecular weight excluding hydrogens is 280 g/mol. The number of carbonyl (C=O) groups excluding carboxylic acids is 1. The van der Waals surface area contributed by atoms with Crippen molar-refractivity contribution in [2.24, 2.45) is 0 Å². The molecular formula is C12H14F4N2O2. The van der Waals surface area contributed by atoms with Gasteiger partial charge in [0.1, 0.15) is 5.75 Å². The maximum Gasteiger partial charge on any atom is 0.324 e. The molecule has 0 aromatic heterocycles. The number of anilines is 1. The Hall–Kier alpha value is -1.99. The predicted molar refractivity (Wildman–Crippen MR) is 65.3 cm³/mol. The second kappa shape index (κ2) is 6.44. The zero-order chi connectivity index (χ0) is 15.3. The van der Waals surface area contributed by atoms with Gasteiger partial charge in [0.25, 0.3) is 5.91 Å². The van der Waals surface area contributed by atoms with Crippen molar-refractivity contribution >= 4 is 11.6 Å². The number of alkyl halides is 4. The zero-order valence-electron chi connectivity index (χ0n) is 10.6. The van der Waals surface area contributed by atoms with Crippen LogP contribution in [-0.2, 0) is 0 Å². The lowest BCUT2D eigenvalue weighted by atomic mass is 10.1. The van der Waals surface area contributed by atoms with Gasteiger partial charge in [0.05, 0.1) is 18.8 Å². The molecule has 0 atom stereocenters. The van der Waals surface area contributed by atoms with Crippen molar-refractivity contribution in [1.29, 1.82) is 0 Å². The predicted octanol–water partition coefficient (Wildman–Crippen LogP) is 2.30. The van der Waals surface area contributed by atoms with Gasteiger partial charge in [0.15, 0.2) is 0 Å². The number of halogens is 4. The second-order valence-electron chi connectivity index (χ2n) is 3.93. The van der Waals surface area contributed by atoms with Crippen LogP contribution < -0.4 is 15.8 Å². The molecule has 0 aliphatic heterocycles. The average molecular weight is 294 g/mol. The highest BCUT2D eigenvalue weighted by atomic mass is 19.3. The van der Waals surface area contributed by atoms with E-state index in [9.17, 15) is 22.4 Å². The van der Waals surface area contributed by atoms with E-state index >= 15 is 0 Å². The fourth-order valence-electron chi connectivity index (χ4n) is 1.35. The maximum absolute atomic E-state index is 12.7. The number of carbonyl (C=O) groups is 1. The fraction of sp³-hybridized carbons (Fsp3) is 0.417. The molecule has 0 fully saturated rings. The van der Waals surface area contributed by atoms with Gasteiger partial charge < -0.3 is 15.8 Å². The Balaban J connectivity index is 2.71. The summed E-state index contributed by atoms with van der Waals surface area (Å²) >= 11 is 0. The molecule has 0 spiro atoms. The first-order valence-electron chi connectivity index (χ1n) is 5.74. The summed E-state index contributed by atoms with van der Waals surface area (Å²) in [6.07, 6.45) is -3.84. The summed E-state index contributed by atoms with van der Waals surface area (Å²) in [6.45, 7) is 0.666. The Morgan fingerprint density at radius 1 is 1.45 bits per heavy atom. The molecule has 20 heavy (non-hydrogen) atoms. The summed E-state index contributed by atoms with van der Waals surface area (Å²) < 4.78 is 54.3. The van der Waals surface area contributed by atoms with Crippen LogP contribution in [0.15, 0.2) is 18.2 Å². The summed E-state index contributed by atoms with van der Waals surface area (Å²) in [5.41, 5.74) is 5.74. The lowest BCUT2D eigenvalue weighted by Gasteiger charge is -2.16. The number of amides is 1. The molecule has 8 heteroatoms. The second-order valence-corrected chi connectivity index (χ2v) is 3.93. The molecule has 1 aromatic rings. The molecule has 0 aliphatic carbocycles. The van der Waals surface area contributed by atoms with Gasteiger partial charge in [-0.2, -0.15) is 8.78 Å². The summed E-state index contributed by atoms with van der Waals surface area (Å²) in [4.78, 5) is 11.5. The van der Waals surface area contributed by atoms with E-state index in [1.165, 1.54) is 18.2 Å². The molecule has 1 amide bonds. The van der Waals surface area contributed by atoms with Crippen LogP contribution in [0.25, 0.3) is 0 Å². The van der Waals surface area contributed by atoms with Crippen molar-refractivity contribution < 1.29 is 27.1 Å². The molecule has 3 N–H and O–H groups in total. The summed E-state index contributed by atoms with van der Waals surface area (Å²) in [5.74, 6) is -4.84. The van der Waals surface area contributed by atoms with Crippen molar-refractivity contribution in [1.82, 2.24) is 5.32 Å². The van der Waals surface area contributed by atoms with E-state index < -0.39 is 24.8 Å². The number of benzene rings is 1. The molecule has 0 heterocycles. The molecule has 1 rings (SSSR count). The fourth-order valence-corrected chi connectivity index (χ4v) is 1.35. The van der Waals surface area contributed by atoms with Gasteiger partial charge in [-0.3, -0.25) is 4.79 Å². The minimum Gasteiger partial charge on any atom is -0.492 e. The van der Waals surface area contributed by atoms with E-state index in [1.54, 1.807) is 12.2 Å². The monoisotopic (exact) mass is 294 g/mol. The van der Waals surface area contributed by atoms with Crippen molar-refractivity contribution in [2.75, 3.05) is 18.9 Å². The highest BCUT2D eigenvalue weighted by molar-refractivity contribution is 5.95. The third kappa shape index (κ3) is 4.01. The van der Waals surface area contributed by atoms with Crippen LogP contribution in [0.4, 0.5) is 23.2 Å². The number of nitrogens with two attached hydrogens (primary N) is 1. The highest BCUT2D eigenvalue weighted by Gasteiger charge is 2.40. The van der Waals surface area contributed by atoms with E-state index in [-0.39, 0.29) is 11.3 Å². The maximum atomic E-state index is 12.7. The van der Waals surface area contributed by atoms with Gasteiger partial charge in [-0.25, -0.2) is 8.78 Å².